The van der Waals surface area contributed by atoms with E-state index in [2.05, 4.69) is 39.1 Å². The van der Waals surface area contributed by atoms with Gasteiger partial charge < -0.3 is 16.0 Å². The number of rotatable bonds is 5. The van der Waals surface area contributed by atoms with Crippen molar-refractivity contribution < 1.29 is 4.79 Å². The topological polar surface area (TPSA) is 70.7 Å². The van der Waals surface area contributed by atoms with Crippen molar-refractivity contribution >= 4 is 39.1 Å². The maximum absolute atomic E-state index is 11.1. The molecule has 0 aromatic carbocycles. The van der Waals surface area contributed by atoms with Crippen molar-refractivity contribution in [2.45, 2.75) is 32.7 Å². The van der Waals surface area contributed by atoms with Crippen LogP contribution >= 0.6 is 27.3 Å². The highest BCUT2D eigenvalue weighted by molar-refractivity contribution is 9.11. The summed E-state index contributed by atoms with van der Waals surface area (Å²) in [6, 6.07) is 4.14. The quantitative estimate of drug-likeness (QED) is 0.603. The molecule has 1 unspecified atom stereocenters. The Bertz CT molecular complexity index is 531. The Balaban J connectivity index is 2.01. The first-order chi connectivity index (χ1) is 10.6. The van der Waals surface area contributed by atoms with Gasteiger partial charge in [0.05, 0.1) is 10.3 Å². The van der Waals surface area contributed by atoms with Crippen molar-refractivity contribution in [3.05, 3.63) is 20.8 Å². The van der Waals surface area contributed by atoms with Gasteiger partial charge >= 0.3 is 0 Å². The molecule has 1 amide bonds. The van der Waals surface area contributed by atoms with Gasteiger partial charge in [0.25, 0.3) is 0 Å². The maximum atomic E-state index is 11.1. The maximum Gasteiger partial charge on any atom is 0.217 e. The molecular formula is C15H23BrN4OS. The highest BCUT2D eigenvalue weighted by Crippen LogP contribution is 2.23. The molecule has 1 aliphatic rings. The number of hydrogen-bond acceptors (Lipinski definition) is 3. The zero-order valence-electron chi connectivity index (χ0n) is 12.8. The summed E-state index contributed by atoms with van der Waals surface area (Å²) in [5.41, 5.74) is 5.33. The predicted octanol–water partition coefficient (Wildman–Crippen LogP) is 2.56. The molecule has 1 fully saturated rings. The largest absolute Gasteiger partial charge is 0.370 e. The van der Waals surface area contributed by atoms with Gasteiger partial charge in [0.2, 0.25) is 5.91 Å². The van der Waals surface area contributed by atoms with E-state index >= 15 is 0 Å². The van der Waals surface area contributed by atoms with Crippen molar-refractivity contribution in [2.75, 3.05) is 19.6 Å². The van der Waals surface area contributed by atoms with Crippen molar-refractivity contribution in [3.8, 4) is 0 Å². The molecule has 1 aliphatic heterocycles. The molecule has 1 aromatic rings. The number of amides is 1. The van der Waals surface area contributed by atoms with Gasteiger partial charge in [0.1, 0.15) is 0 Å². The monoisotopic (exact) mass is 386 g/mol. The molecule has 1 saturated heterocycles. The molecule has 0 saturated carbocycles. The van der Waals surface area contributed by atoms with E-state index in [0.29, 0.717) is 18.9 Å². The fourth-order valence-corrected chi connectivity index (χ4v) is 4.13. The summed E-state index contributed by atoms with van der Waals surface area (Å²) >= 11 is 5.18. The lowest BCUT2D eigenvalue weighted by Gasteiger charge is -2.34. The molecule has 2 rings (SSSR count). The molecule has 0 aliphatic carbocycles. The normalized spacial score (nSPS) is 19.3. The van der Waals surface area contributed by atoms with E-state index in [9.17, 15) is 4.79 Å². The van der Waals surface area contributed by atoms with Crippen LogP contribution in [0.5, 0.6) is 0 Å². The number of nitrogens with one attached hydrogen (secondary N) is 1. The smallest absolute Gasteiger partial charge is 0.217 e. The fraction of sp³-hybridized carbons (Fsp3) is 0.600. The summed E-state index contributed by atoms with van der Waals surface area (Å²) in [5.74, 6) is 1.06. The van der Waals surface area contributed by atoms with Gasteiger partial charge in [-0.3, -0.25) is 4.79 Å². The van der Waals surface area contributed by atoms with Crippen LogP contribution in [0.25, 0.3) is 0 Å². The average molecular weight is 387 g/mol. The third-order valence-corrected chi connectivity index (χ3v) is 5.27. The van der Waals surface area contributed by atoms with Gasteiger partial charge in [-0.15, -0.1) is 11.3 Å². The van der Waals surface area contributed by atoms with E-state index < -0.39 is 0 Å². The standard InChI is InChI=1S/C15H23BrN4OS/c1-2-18-15(19-9-12-5-6-13(16)22-12)20-7-3-4-11(10-20)8-14(17)21/h5-6,11H,2-4,7-10H2,1H3,(H2,17,21)(H,18,19). The number of halogens is 1. The SMILES string of the molecule is CCNC(=NCc1ccc(Br)s1)N1CCCC(CC(N)=O)C1. The molecule has 0 bridgehead atoms. The Morgan fingerprint density at radius 1 is 1.59 bits per heavy atom. The summed E-state index contributed by atoms with van der Waals surface area (Å²) in [6.45, 7) is 5.42. The van der Waals surface area contributed by atoms with E-state index in [4.69, 9.17) is 10.7 Å². The number of hydrogen-bond donors (Lipinski definition) is 2. The van der Waals surface area contributed by atoms with Gasteiger partial charge in [-0.2, -0.15) is 0 Å². The lowest BCUT2D eigenvalue weighted by atomic mass is 9.95. The predicted molar refractivity (Wildman–Crippen MR) is 94.9 cm³/mol. The molecule has 3 N–H and O–H groups in total. The van der Waals surface area contributed by atoms with E-state index in [1.165, 1.54) is 4.88 Å². The molecule has 2 heterocycles. The van der Waals surface area contributed by atoms with Crippen LogP contribution in [-0.2, 0) is 11.3 Å². The van der Waals surface area contributed by atoms with Crippen LogP contribution < -0.4 is 11.1 Å². The molecule has 1 atom stereocenters. The number of nitrogens with two attached hydrogens (primary N) is 1. The molecule has 0 radical (unpaired) electrons. The van der Waals surface area contributed by atoms with Gasteiger partial charge in [-0.1, -0.05) is 0 Å². The molecular weight excluding hydrogens is 364 g/mol. The lowest BCUT2D eigenvalue weighted by molar-refractivity contribution is -0.119. The van der Waals surface area contributed by atoms with Crippen molar-refractivity contribution in [1.29, 1.82) is 0 Å². The van der Waals surface area contributed by atoms with E-state index in [1.807, 2.05) is 6.07 Å². The number of likely N-dealkylation sites (tertiary alicyclic amines) is 1. The third kappa shape index (κ3) is 5.28. The Labute approximate surface area is 144 Å². The van der Waals surface area contributed by atoms with Crippen LogP contribution in [0.3, 0.4) is 0 Å². The first-order valence-corrected chi connectivity index (χ1v) is 9.25. The van der Waals surface area contributed by atoms with Crippen molar-refractivity contribution in [3.63, 3.8) is 0 Å². The van der Waals surface area contributed by atoms with Crippen LogP contribution in [0.15, 0.2) is 20.9 Å². The Kier molecular flexibility index (Phi) is 6.70. The number of carbonyl (C=O) groups excluding carboxylic acids is 1. The summed E-state index contributed by atoms with van der Waals surface area (Å²) in [6.07, 6.45) is 2.61. The van der Waals surface area contributed by atoms with Gasteiger partial charge in [0.15, 0.2) is 5.96 Å². The van der Waals surface area contributed by atoms with Crippen LogP contribution in [-0.4, -0.2) is 36.4 Å². The molecule has 122 valence electrons. The molecule has 22 heavy (non-hydrogen) atoms. The second-order valence-electron chi connectivity index (χ2n) is 5.50. The summed E-state index contributed by atoms with van der Waals surface area (Å²) < 4.78 is 1.13. The fourth-order valence-electron chi connectivity index (χ4n) is 2.72. The van der Waals surface area contributed by atoms with Crippen molar-refractivity contribution in [2.24, 2.45) is 16.6 Å². The Morgan fingerprint density at radius 2 is 2.41 bits per heavy atom. The van der Waals surface area contributed by atoms with E-state index in [-0.39, 0.29) is 5.91 Å². The minimum atomic E-state index is -0.211. The summed E-state index contributed by atoms with van der Waals surface area (Å²) in [4.78, 5) is 19.4. The molecule has 0 spiro atoms. The number of guanidine groups is 1. The van der Waals surface area contributed by atoms with Crippen LogP contribution in [0.2, 0.25) is 0 Å². The highest BCUT2D eigenvalue weighted by atomic mass is 79.9. The average Bonchev–Trinajstić information content (AvgIpc) is 2.88. The highest BCUT2D eigenvalue weighted by Gasteiger charge is 2.23. The Hall–Kier alpha value is -1.08. The lowest BCUT2D eigenvalue weighted by Crippen LogP contribution is -2.47. The first-order valence-electron chi connectivity index (χ1n) is 7.64. The summed E-state index contributed by atoms with van der Waals surface area (Å²) in [7, 11) is 0. The van der Waals surface area contributed by atoms with Gasteiger partial charge in [-0.25, -0.2) is 4.99 Å². The number of nitrogens with zero attached hydrogens (tertiary/aromatic N) is 2. The second kappa shape index (κ2) is 8.53. The van der Waals surface area contributed by atoms with Gasteiger partial charge in [-0.05, 0) is 53.7 Å². The Morgan fingerprint density at radius 3 is 3.05 bits per heavy atom. The van der Waals surface area contributed by atoms with E-state index in [0.717, 1.165) is 42.2 Å². The van der Waals surface area contributed by atoms with E-state index in [1.54, 1.807) is 11.3 Å². The zero-order valence-corrected chi connectivity index (χ0v) is 15.3. The first kappa shape index (κ1) is 17.3. The number of aliphatic imine (C=N–C) groups is 1. The van der Waals surface area contributed by atoms with Crippen LogP contribution in [0, 0.1) is 5.92 Å². The van der Waals surface area contributed by atoms with Crippen molar-refractivity contribution in [1.82, 2.24) is 10.2 Å². The number of primary amides is 1. The number of piperidine rings is 1. The number of carbonyl (C=O) groups is 1. The number of thiophene rings is 1. The molecule has 1 aromatic heterocycles. The second-order valence-corrected chi connectivity index (χ2v) is 8.05. The third-order valence-electron chi connectivity index (χ3n) is 3.66. The minimum absolute atomic E-state index is 0.211. The van der Waals surface area contributed by atoms with Gasteiger partial charge in [0, 0.05) is 30.9 Å². The van der Waals surface area contributed by atoms with Crippen LogP contribution in [0.4, 0.5) is 0 Å². The summed E-state index contributed by atoms with van der Waals surface area (Å²) in [5, 5.41) is 3.36. The molecule has 7 heteroatoms. The zero-order chi connectivity index (χ0) is 15.9. The minimum Gasteiger partial charge on any atom is -0.370 e. The molecule has 5 nitrogen and oxygen atoms in total. The van der Waals surface area contributed by atoms with Crippen LogP contribution in [0.1, 0.15) is 31.1 Å².